The number of oxazole rings is 2. The number of aryl methyl sites for hydroxylation is 3. The average Bonchev–Trinajstić information content (AvgIpc) is 3.94. The molecule has 76 heavy (non-hydrogen) atoms. The number of nitro groups is 2. The Labute approximate surface area is 439 Å². The maximum absolute atomic E-state index is 12.8. The van der Waals surface area contributed by atoms with Crippen LogP contribution in [-0.4, -0.2) is 44.7 Å². The lowest BCUT2D eigenvalue weighted by Gasteiger charge is -2.15. The van der Waals surface area contributed by atoms with Crippen molar-refractivity contribution in [2.75, 3.05) is 13.1 Å². The monoisotopic (exact) mass is 1020 g/mol. The highest BCUT2D eigenvalue weighted by Crippen LogP contribution is 2.35. The average molecular weight is 1020 g/mol. The van der Waals surface area contributed by atoms with Crippen LogP contribution in [0.5, 0.6) is 0 Å². The van der Waals surface area contributed by atoms with Gasteiger partial charge in [0.2, 0.25) is 11.8 Å². The van der Waals surface area contributed by atoms with Crippen LogP contribution in [-0.2, 0) is 25.7 Å². The number of carbonyl (C=O) groups is 2. The Morgan fingerprint density at radius 2 is 1.08 bits per heavy atom. The van der Waals surface area contributed by atoms with E-state index in [9.17, 15) is 40.3 Å². The Morgan fingerprint density at radius 3 is 1.54 bits per heavy atom. The van der Waals surface area contributed by atoms with Crippen LogP contribution in [0, 0.1) is 54.7 Å². The third-order valence-corrected chi connectivity index (χ3v) is 14.5. The number of nitrogens with one attached hydrogen (secondary N) is 2. The lowest BCUT2D eigenvalue weighted by molar-refractivity contribution is -0.385. The molecule has 2 amide bonds. The molecule has 0 radical (unpaired) electrons. The molecule has 0 spiro atoms. The van der Waals surface area contributed by atoms with Crippen LogP contribution in [0.25, 0.3) is 45.1 Å². The summed E-state index contributed by atoms with van der Waals surface area (Å²) in [6, 6.07) is 36.1. The number of nitriles is 2. The maximum atomic E-state index is 12.8. The van der Waals surface area contributed by atoms with E-state index in [-0.39, 0.29) is 50.8 Å². The predicted octanol–water partition coefficient (Wildman–Crippen LogP) is 12.6. The lowest BCUT2D eigenvalue weighted by atomic mass is 9.99. The Kier molecular flexibility index (Phi) is 15.4. The second-order valence-corrected chi connectivity index (χ2v) is 20.2. The zero-order valence-electron chi connectivity index (χ0n) is 42.7. The molecular formula is C60H56N8O8. The number of nitro benzene ring substituents is 2. The first kappa shape index (κ1) is 51.9. The van der Waals surface area contributed by atoms with E-state index in [1.807, 2.05) is 64.1 Å². The van der Waals surface area contributed by atoms with Gasteiger partial charge in [-0.25, -0.2) is 9.97 Å². The van der Waals surface area contributed by atoms with E-state index in [0.717, 1.165) is 89.5 Å². The number of hydrogen-bond donors (Lipinski definition) is 2. The fourth-order valence-electron chi connectivity index (χ4n) is 10.2. The van der Waals surface area contributed by atoms with Crippen LogP contribution in [0.4, 0.5) is 11.4 Å². The van der Waals surface area contributed by atoms with Gasteiger partial charge in [-0.3, -0.25) is 29.8 Å². The molecule has 2 atom stereocenters. The van der Waals surface area contributed by atoms with Gasteiger partial charge in [-0.15, -0.1) is 0 Å². The SMILES string of the molecule is CC(C)c1cc(C#N)cc2nc(-c3ccc(C(=O)NCC4CCc5ccc([N+](=O)[O-])cc5CC4)cc3)oc12.CC(C)c1cc(C#N)cc2nc(-c3ccc(C(=O)NCC4CCc5cccc([N+](=O)[O-])c5CC4)cc3)oc12. The standard InChI is InChI=1S/2C30H28N4O4/c1-18(2)26-13-20(16-31)14-27-28(26)38-30(33-27)23-9-7-22(8-10-23)29(35)32-17-19-3-5-21-11-12-25(34(36)37)15-24(21)6-4-19;1-18(2)25-14-20(16-31)15-26-28(25)38-30(33-26)23-11-9-22(10-12-23)29(35)32-17-19-6-8-21-4-3-5-27(34(36)37)24(21)13-7-19/h7-15,18-19H,3-6,17H2,1-2H3,(H,32,35);3-5,9-12,14-15,18-19H,6-8,13,17H2,1-2H3,(H,32,35). The summed E-state index contributed by atoms with van der Waals surface area (Å²) < 4.78 is 12.1. The first-order valence-corrected chi connectivity index (χ1v) is 25.6. The molecule has 8 aromatic rings. The van der Waals surface area contributed by atoms with Gasteiger partial charge in [0.25, 0.3) is 23.2 Å². The molecule has 0 saturated heterocycles. The summed E-state index contributed by atoms with van der Waals surface area (Å²) in [4.78, 5) is 56.7. The summed E-state index contributed by atoms with van der Waals surface area (Å²) >= 11 is 0. The van der Waals surface area contributed by atoms with E-state index in [2.05, 4.69) is 32.7 Å². The van der Waals surface area contributed by atoms with Crippen molar-refractivity contribution in [3.05, 3.63) is 185 Å². The fraction of sp³-hybridized carbons (Fsp3) is 0.300. The van der Waals surface area contributed by atoms with Gasteiger partial charge in [0.1, 0.15) is 11.0 Å². The zero-order valence-corrected chi connectivity index (χ0v) is 42.7. The first-order valence-electron chi connectivity index (χ1n) is 25.6. The minimum atomic E-state index is -0.355. The van der Waals surface area contributed by atoms with Crippen LogP contribution >= 0.6 is 0 Å². The number of rotatable bonds is 12. The minimum Gasteiger partial charge on any atom is -0.436 e. The molecule has 384 valence electrons. The van der Waals surface area contributed by atoms with Gasteiger partial charge in [0.05, 0.1) is 33.1 Å². The van der Waals surface area contributed by atoms with Gasteiger partial charge >= 0.3 is 0 Å². The van der Waals surface area contributed by atoms with Crippen molar-refractivity contribution in [3.63, 3.8) is 0 Å². The molecule has 2 heterocycles. The van der Waals surface area contributed by atoms with Crippen molar-refractivity contribution in [3.8, 4) is 35.0 Å². The van der Waals surface area contributed by atoms with E-state index in [1.54, 1.807) is 72.8 Å². The topological polar surface area (TPSA) is 244 Å². The van der Waals surface area contributed by atoms with E-state index in [0.29, 0.717) is 81.7 Å². The molecule has 2 N–H and O–H groups in total. The van der Waals surface area contributed by atoms with E-state index >= 15 is 0 Å². The number of fused-ring (bicyclic) bond motifs is 4. The van der Waals surface area contributed by atoms with Gasteiger partial charge < -0.3 is 19.5 Å². The van der Waals surface area contributed by atoms with Gasteiger partial charge in [-0.05, 0) is 165 Å². The Hall–Kier alpha value is -9.02. The maximum Gasteiger partial charge on any atom is 0.272 e. The van der Waals surface area contributed by atoms with Crippen molar-refractivity contribution in [2.45, 2.75) is 90.9 Å². The molecule has 2 aliphatic carbocycles. The Balaban J connectivity index is 0.000000186. The van der Waals surface area contributed by atoms with E-state index in [1.165, 1.54) is 0 Å². The molecule has 0 aliphatic heterocycles. The van der Waals surface area contributed by atoms with Gasteiger partial charge in [-0.1, -0.05) is 45.9 Å². The number of hydrogen-bond acceptors (Lipinski definition) is 12. The van der Waals surface area contributed by atoms with Crippen LogP contribution in [0.1, 0.15) is 130 Å². The normalized spacial score (nSPS) is 15.1. The molecule has 0 bridgehead atoms. The minimum absolute atomic E-state index is 0.129. The highest BCUT2D eigenvalue weighted by atomic mass is 16.6. The molecule has 0 fully saturated rings. The van der Waals surface area contributed by atoms with Crippen molar-refractivity contribution < 1.29 is 28.3 Å². The van der Waals surface area contributed by atoms with Gasteiger partial charge in [-0.2, -0.15) is 10.5 Å². The molecule has 2 aromatic heterocycles. The van der Waals surface area contributed by atoms with E-state index < -0.39 is 0 Å². The second-order valence-electron chi connectivity index (χ2n) is 20.2. The van der Waals surface area contributed by atoms with Crippen LogP contribution in [0.3, 0.4) is 0 Å². The zero-order chi connectivity index (χ0) is 53.6. The summed E-state index contributed by atoms with van der Waals surface area (Å²) in [5, 5.41) is 47.3. The largest absolute Gasteiger partial charge is 0.436 e. The molecule has 16 heteroatoms. The summed E-state index contributed by atoms with van der Waals surface area (Å²) in [6.07, 6.45) is 6.49. The molecule has 6 aromatic carbocycles. The van der Waals surface area contributed by atoms with Crippen LogP contribution in [0.2, 0.25) is 0 Å². The Bertz CT molecular complexity index is 3600. The lowest BCUT2D eigenvalue weighted by Crippen LogP contribution is -2.29. The van der Waals surface area contributed by atoms with E-state index in [4.69, 9.17) is 8.83 Å². The number of aromatic nitrogens is 2. The summed E-state index contributed by atoms with van der Waals surface area (Å²) in [5.74, 6) is 1.48. The molecule has 0 saturated carbocycles. The third kappa shape index (κ3) is 11.5. The van der Waals surface area contributed by atoms with Crippen molar-refractivity contribution >= 4 is 45.4 Å². The van der Waals surface area contributed by atoms with Gasteiger partial charge in [0, 0.05) is 70.2 Å². The Morgan fingerprint density at radius 1 is 0.605 bits per heavy atom. The second kappa shape index (κ2) is 22.6. The number of amides is 2. The summed E-state index contributed by atoms with van der Waals surface area (Å²) in [6.45, 7) is 9.26. The fourth-order valence-corrected chi connectivity index (χ4v) is 10.2. The highest BCUT2D eigenvalue weighted by molar-refractivity contribution is 5.95. The van der Waals surface area contributed by atoms with Crippen molar-refractivity contribution in [1.82, 2.24) is 20.6 Å². The number of carbonyl (C=O) groups excluding carboxylic acids is 2. The van der Waals surface area contributed by atoms with Crippen molar-refractivity contribution in [2.24, 2.45) is 11.8 Å². The molecule has 16 nitrogen and oxygen atoms in total. The first-order chi connectivity index (χ1) is 36.7. The predicted molar refractivity (Wildman–Crippen MR) is 288 cm³/mol. The summed E-state index contributed by atoms with van der Waals surface area (Å²) in [5.41, 5.74) is 12.5. The number of benzene rings is 6. The van der Waals surface area contributed by atoms with Crippen LogP contribution < -0.4 is 10.6 Å². The quantitative estimate of drug-likeness (QED) is 0.0659. The van der Waals surface area contributed by atoms with Gasteiger partial charge in [0.15, 0.2) is 11.2 Å². The number of nitrogens with zero attached hydrogens (tertiary/aromatic N) is 6. The number of non-ortho nitro benzene ring substituents is 1. The molecule has 10 rings (SSSR count). The molecule has 2 aliphatic rings. The molecular weight excluding hydrogens is 961 g/mol. The smallest absolute Gasteiger partial charge is 0.272 e. The molecule has 2 unspecified atom stereocenters. The summed E-state index contributed by atoms with van der Waals surface area (Å²) in [7, 11) is 0. The van der Waals surface area contributed by atoms with Crippen LogP contribution in [0.15, 0.2) is 118 Å². The third-order valence-electron chi connectivity index (χ3n) is 14.5. The highest BCUT2D eigenvalue weighted by Gasteiger charge is 2.25. The van der Waals surface area contributed by atoms with Crippen molar-refractivity contribution in [1.29, 1.82) is 10.5 Å².